The van der Waals surface area contributed by atoms with Crippen LogP contribution in [0, 0.1) is 12.7 Å². The first-order valence-electron chi connectivity index (χ1n) is 7.13. The third-order valence-corrected chi connectivity index (χ3v) is 3.56. The second-order valence-electron chi connectivity index (χ2n) is 5.16. The highest BCUT2D eigenvalue weighted by Crippen LogP contribution is 2.23. The van der Waals surface area contributed by atoms with E-state index in [4.69, 9.17) is 4.74 Å². The molecule has 1 fully saturated rings. The molecule has 7 heteroatoms. The summed E-state index contributed by atoms with van der Waals surface area (Å²) in [6.45, 7) is 2.93. The molecular weight excluding hydrogens is 289 g/mol. The highest BCUT2D eigenvalue weighted by molar-refractivity contribution is 6.01. The Morgan fingerprint density at radius 2 is 2.27 bits per heavy atom. The topological polar surface area (TPSA) is 70.7 Å². The quantitative estimate of drug-likeness (QED) is 0.803. The zero-order valence-electron chi connectivity index (χ0n) is 12.7. The van der Waals surface area contributed by atoms with Crippen molar-refractivity contribution in [2.45, 2.75) is 19.4 Å². The van der Waals surface area contributed by atoms with Gasteiger partial charge < -0.3 is 20.3 Å². The molecule has 1 aliphatic heterocycles. The number of hydrogen-bond donors (Lipinski definition) is 2. The molecule has 120 valence electrons. The lowest BCUT2D eigenvalue weighted by Gasteiger charge is -2.18. The number of halogens is 1. The van der Waals surface area contributed by atoms with Crippen LogP contribution in [0.2, 0.25) is 0 Å². The van der Waals surface area contributed by atoms with E-state index in [0.717, 1.165) is 0 Å². The van der Waals surface area contributed by atoms with E-state index in [1.165, 1.54) is 6.07 Å². The zero-order chi connectivity index (χ0) is 16.1. The number of aryl methyl sites for hydroxylation is 1. The van der Waals surface area contributed by atoms with E-state index < -0.39 is 12.1 Å². The summed E-state index contributed by atoms with van der Waals surface area (Å²) in [6, 6.07) is 3.59. The van der Waals surface area contributed by atoms with Gasteiger partial charge in [-0.2, -0.15) is 0 Å². The van der Waals surface area contributed by atoms with Gasteiger partial charge >= 0.3 is 6.03 Å². The maximum absolute atomic E-state index is 13.3. The Kier molecular flexibility index (Phi) is 5.32. The number of rotatable bonds is 5. The molecule has 1 heterocycles. The van der Waals surface area contributed by atoms with Crippen LogP contribution >= 0.6 is 0 Å². The molecule has 0 aliphatic carbocycles. The average molecular weight is 309 g/mol. The van der Waals surface area contributed by atoms with Crippen LogP contribution in [0.5, 0.6) is 0 Å². The number of benzene rings is 1. The summed E-state index contributed by atoms with van der Waals surface area (Å²) in [5.41, 5.74) is 1.13. The summed E-state index contributed by atoms with van der Waals surface area (Å²) in [5, 5.41) is 5.25. The number of nitrogens with one attached hydrogen (secondary N) is 2. The van der Waals surface area contributed by atoms with Crippen LogP contribution in [0.1, 0.15) is 12.0 Å². The Labute approximate surface area is 128 Å². The lowest BCUT2D eigenvalue weighted by Crippen LogP contribution is -2.46. The third-order valence-electron chi connectivity index (χ3n) is 3.56. The SMILES string of the molecule is COCCNC(=O)N[C@@H]1CCN(c2ccc(F)c(C)c2)C1=O. The summed E-state index contributed by atoms with van der Waals surface area (Å²) in [7, 11) is 1.54. The standard InChI is InChI=1S/C15H20FN3O3/c1-10-9-11(3-4-12(10)16)19-7-5-13(14(19)20)18-15(21)17-6-8-22-2/h3-4,9,13H,5-8H2,1-2H3,(H2,17,18,21)/t13-/m1/s1. The Balaban J connectivity index is 1.94. The number of nitrogens with zero attached hydrogens (tertiary/aromatic N) is 1. The highest BCUT2D eigenvalue weighted by Gasteiger charge is 2.33. The largest absolute Gasteiger partial charge is 0.383 e. The first-order chi connectivity index (χ1) is 10.5. The normalized spacial score (nSPS) is 17.7. The summed E-state index contributed by atoms with van der Waals surface area (Å²) in [5.74, 6) is -0.490. The zero-order valence-corrected chi connectivity index (χ0v) is 12.7. The van der Waals surface area contributed by atoms with Crippen molar-refractivity contribution in [1.82, 2.24) is 10.6 Å². The van der Waals surface area contributed by atoms with Crippen LogP contribution in [0.4, 0.5) is 14.9 Å². The molecule has 2 rings (SSSR count). The summed E-state index contributed by atoms with van der Waals surface area (Å²) in [6.07, 6.45) is 0.521. The Morgan fingerprint density at radius 1 is 1.50 bits per heavy atom. The molecule has 1 aliphatic rings. The van der Waals surface area contributed by atoms with E-state index in [1.807, 2.05) is 0 Å². The van der Waals surface area contributed by atoms with Crippen LogP contribution in [0.25, 0.3) is 0 Å². The predicted octanol–water partition coefficient (Wildman–Crippen LogP) is 1.19. The van der Waals surface area contributed by atoms with Crippen LogP contribution in [0.15, 0.2) is 18.2 Å². The van der Waals surface area contributed by atoms with Gasteiger partial charge in [-0.3, -0.25) is 4.79 Å². The van der Waals surface area contributed by atoms with Crippen LogP contribution < -0.4 is 15.5 Å². The molecule has 2 N–H and O–H groups in total. The molecular formula is C15H20FN3O3. The molecule has 3 amide bonds. The Morgan fingerprint density at radius 3 is 2.95 bits per heavy atom. The predicted molar refractivity (Wildman–Crippen MR) is 80.3 cm³/mol. The van der Waals surface area contributed by atoms with Crippen molar-refractivity contribution < 1.29 is 18.7 Å². The fourth-order valence-corrected chi connectivity index (χ4v) is 2.34. The molecule has 22 heavy (non-hydrogen) atoms. The fraction of sp³-hybridized carbons (Fsp3) is 0.467. The van der Waals surface area contributed by atoms with Crippen molar-refractivity contribution >= 4 is 17.6 Å². The van der Waals surface area contributed by atoms with Crippen molar-refractivity contribution in [2.75, 3.05) is 31.7 Å². The lowest BCUT2D eigenvalue weighted by molar-refractivity contribution is -0.118. The fourth-order valence-electron chi connectivity index (χ4n) is 2.34. The molecule has 6 nitrogen and oxygen atoms in total. The Bertz CT molecular complexity index is 565. The van der Waals surface area contributed by atoms with Gasteiger partial charge in [0.25, 0.3) is 0 Å². The van der Waals surface area contributed by atoms with Crippen LogP contribution in [-0.4, -0.2) is 44.8 Å². The number of amides is 3. The molecule has 1 saturated heterocycles. The first-order valence-corrected chi connectivity index (χ1v) is 7.13. The maximum Gasteiger partial charge on any atom is 0.315 e. The average Bonchev–Trinajstić information content (AvgIpc) is 2.84. The molecule has 1 aromatic carbocycles. The van der Waals surface area contributed by atoms with Gasteiger partial charge in [0, 0.05) is 25.9 Å². The highest BCUT2D eigenvalue weighted by atomic mass is 19.1. The van der Waals surface area contributed by atoms with E-state index in [1.54, 1.807) is 31.1 Å². The first kappa shape index (κ1) is 16.2. The second-order valence-corrected chi connectivity index (χ2v) is 5.16. The number of ether oxygens (including phenoxy) is 1. The minimum Gasteiger partial charge on any atom is -0.383 e. The van der Waals surface area contributed by atoms with E-state index in [2.05, 4.69) is 10.6 Å². The smallest absolute Gasteiger partial charge is 0.315 e. The van der Waals surface area contributed by atoms with Crippen molar-refractivity contribution in [1.29, 1.82) is 0 Å². The minimum atomic E-state index is -0.562. The van der Waals surface area contributed by atoms with Gasteiger partial charge in [0.2, 0.25) is 5.91 Å². The van der Waals surface area contributed by atoms with Crippen LogP contribution in [0.3, 0.4) is 0 Å². The number of methoxy groups -OCH3 is 1. The van der Waals surface area contributed by atoms with Crippen molar-refractivity contribution in [3.8, 4) is 0 Å². The Hall–Kier alpha value is -2.15. The summed E-state index contributed by atoms with van der Waals surface area (Å²) < 4.78 is 18.1. The molecule has 0 bridgehead atoms. The minimum absolute atomic E-state index is 0.187. The maximum atomic E-state index is 13.3. The van der Waals surface area contributed by atoms with Crippen LogP contribution in [-0.2, 0) is 9.53 Å². The number of carbonyl (C=O) groups is 2. The molecule has 0 saturated carbocycles. The monoisotopic (exact) mass is 309 g/mol. The van der Waals surface area contributed by atoms with E-state index in [-0.39, 0.29) is 11.7 Å². The third kappa shape index (κ3) is 3.73. The number of carbonyl (C=O) groups excluding carboxylic acids is 2. The summed E-state index contributed by atoms with van der Waals surface area (Å²) >= 11 is 0. The van der Waals surface area contributed by atoms with E-state index >= 15 is 0 Å². The second kappa shape index (κ2) is 7.22. The van der Waals surface area contributed by atoms with Gasteiger partial charge in [-0.1, -0.05) is 0 Å². The van der Waals surface area contributed by atoms with Gasteiger partial charge in [0.1, 0.15) is 11.9 Å². The van der Waals surface area contributed by atoms with Gasteiger partial charge in [0.05, 0.1) is 6.61 Å². The molecule has 0 radical (unpaired) electrons. The van der Waals surface area contributed by atoms with Gasteiger partial charge in [-0.25, -0.2) is 9.18 Å². The molecule has 0 unspecified atom stereocenters. The van der Waals surface area contributed by atoms with Crippen molar-refractivity contribution in [3.63, 3.8) is 0 Å². The van der Waals surface area contributed by atoms with Gasteiger partial charge in [-0.05, 0) is 37.1 Å². The number of anilines is 1. The molecule has 1 aromatic rings. The van der Waals surface area contributed by atoms with E-state index in [0.29, 0.717) is 37.4 Å². The van der Waals surface area contributed by atoms with E-state index in [9.17, 15) is 14.0 Å². The molecule has 0 spiro atoms. The summed E-state index contributed by atoms with van der Waals surface area (Å²) in [4.78, 5) is 25.6. The van der Waals surface area contributed by atoms with Crippen molar-refractivity contribution in [2.24, 2.45) is 0 Å². The lowest BCUT2D eigenvalue weighted by atomic mass is 10.2. The van der Waals surface area contributed by atoms with Gasteiger partial charge in [-0.15, -0.1) is 0 Å². The molecule has 0 aromatic heterocycles. The van der Waals surface area contributed by atoms with Gasteiger partial charge in [0.15, 0.2) is 0 Å². The molecule has 1 atom stereocenters. The number of hydrogen-bond acceptors (Lipinski definition) is 3. The number of urea groups is 1. The van der Waals surface area contributed by atoms with Crippen molar-refractivity contribution in [3.05, 3.63) is 29.6 Å².